The van der Waals surface area contributed by atoms with Crippen molar-refractivity contribution in [3.8, 4) is 5.69 Å². The van der Waals surface area contributed by atoms with Crippen LogP contribution in [0.15, 0.2) is 67.0 Å². The Labute approximate surface area is 151 Å². The highest BCUT2D eigenvalue weighted by molar-refractivity contribution is 5.97. The summed E-state index contributed by atoms with van der Waals surface area (Å²) >= 11 is 0. The van der Waals surface area contributed by atoms with Crippen molar-refractivity contribution in [3.63, 3.8) is 0 Å². The molecular weight excluding hydrogens is 331 g/mol. The van der Waals surface area contributed by atoms with Crippen LogP contribution in [0.1, 0.15) is 10.4 Å². The van der Waals surface area contributed by atoms with Crippen LogP contribution >= 0.6 is 0 Å². The Morgan fingerprint density at radius 1 is 0.885 bits per heavy atom. The number of amides is 1. The second kappa shape index (κ2) is 7.00. The van der Waals surface area contributed by atoms with E-state index in [-0.39, 0.29) is 11.7 Å². The Morgan fingerprint density at radius 3 is 2.27 bits per heavy atom. The summed E-state index contributed by atoms with van der Waals surface area (Å²) in [6.45, 7) is 2.33. The Hall–Kier alpha value is -3.15. The maximum absolute atomic E-state index is 14.0. The highest BCUT2D eigenvalue weighted by Crippen LogP contribution is 2.22. The Balaban J connectivity index is 1.51. The van der Waals surface area contributed by atoms with Crippen molar-refractivity contribution in [2.45, 2.75) is 0 Å². The van der Waals surface area contributed by atoms with Gasteiger partial charge in [-0.1, -0.05) is 24.3 Å². The summed E-state index contributed by atoms with van der Waals surface area (Å²) in [5, 5.41) is 4.23. The number of nitrogens with zero attached hydrogens (tertiary/aromatic N) is 4. The summed E-state index contributed by atoms with van der Waals surface area (Å²) in [7, 11) is 0. The van der Waals surface area contributed by atoms with Crippen molar-refractivity contribution in [2.24, 2.45) is 0 Å². The third-order valence-corrected chi connectivity index (χ3v) is 4.65. The van der Waals surface area contributed by atoms with Crippen molar-refractivity contribution in [3.05, 3.63) is 78.4 Å². The van der Waals surface area contributed by atoms with Crippen LogP contribution in [0.25, 0.3) is 5.69 Å². The van der Waals surface area contributed by atoms with Gasteiger partial charge in [0.25, 0.3) is 5.91 Å². The third kappa shape index (κ3) is 3.06. The van der Waals surface area contributed by atoms with Crippen molar-refractivity contribution in [2.75, 3.05) is 31.1 Å². The van der Waals surface area contributed by atoms with Crippen molar-refractivity contribution in [1.29, 1.82) is 0 Å². The first-order valence-electron chi connectivity index (χ1n) is 8.62. The van der Waals surface area contributed by atoms with Crippen LogP contribution in [0, 0.1) is 5.82 Å². The molecule has 3 aromatic rings. The van der Waals surface area contributed by atoms with E-state index in [4.69, 9.17) is 0 Å². The van der Waals surface area contributed by atoms with E-state index >= 15 is 0 Å². The lowest BCUT2D eigenvalue weighted by Gasteiger charge is -2.36. The van der Waals surface area contributed by atoms with Gasteiger partial charge < -0.3 is 9.80 Å². The van der Waals surface area contributed by atoms with Crippen LogP contribution in [0.2, 0.25) is 0 Å². The highest BCUT2D eigenvalue weighted by Gasteiger charge is 2.25. The summed E-state index contributed by atoms with van der Waals surface area (Å²) in [5.74, 6) is -0.249. The van der Waals surface area contributed by atoms with E-state index in [1.54, 1.807) is 23.0 Å². The lowest BCUT2D eigenvalue weighted by atomic mass is 10.1. The summed E-state index contributed by atoms with van der Waals surface area (Å²) in [6, 6.07) is 16.0. The molecule has 26 heavy (non-hydrogen) atoms. The second-order valence-electron chi connectivity index (χ2n) is 6.20. The number of anilines is 1. The van der Waals surface area contributed by atoms with Gasteiger partial charge in [0.2, 0.25) is 0 Å². The maximum atomic E-state index is 14.0. The molecule has 4 rings (SSSR count). The molecule has 0 atom stereocenters. The summed E-state index contributed by atoms with van der Waals surface area (Å²) < 4.78 is 15.7. The van der Waals surface area contributed by atoms with Crippen LogP contribution in [0.4, 0.5) is 10.1 Å². The quantitative estimate of drug-likeness (QED) is 0.729. The molecule has 1 amide bonds. The lowest BCUT2D eigenvalue weighted by Crippen LogP contribution is -2.49. The summed E-state index contributed by atoms with van der Waals surface area (Å²) in [4.78, 5) is 16.8. The van der Waals surface area contributed by atoms with Gasteiger partial charge in [-0.05, 0) is 30.3 Å². The molecule has 5 nitrogen and oxygen atoms in total. The van der Waals surface area contributed by atoms with Crippen LogP contribution in [0.5, 0.6) is 0 Å². The van der Waals surface area contributed by atoms with Gasteiger partial charge in [0.05, 0.1) is 16.9 Å². The average molecular weight is 350 g/mol. The summed E-state index contributed by atoms with van der Waals surface area (Å²) in [6.07, 6.45) is 3.51. The first-order valence-corrected chi connectivity index (χ1v) is 8.62. The lowest BCUT2D eigenvalue weighted by molar-refractivity contribution is 0.0746. The molecule has 0 bridgehead atoms. The number of aromatic nitrogens is 2. The molecule has 0 aliphatic carbocycles. The molecule has 2 aromatic carbocycles. The number of benzene rings is 2. The van der Waals surface area contributed by atoms with Crippen LogP contribution in [-0.2, 0) is 0 Å². The maximum Gasteiger partial charge on any atom is 0.256 e. The molecule has 6 heteroatoms. The van der Waals surface area contributed by atoms with Gasteiger partial charge in [0.15, 0.2) is 0 Å². The number of halogens is 1. The largest absolute Gasteiger partial charge is 0.366 e. The highest BCUT2D eigenvalue weighted by atomic mass is 19.1. The van der Waals surface area contributed by atoms with E-state index in [1.807, 2.05) is 52.4 Å². The normalized spacial score (nSPS) is 14.5. The van der Waals surface area contributed by atoms with Gasteiger partial charge in [-0.25, -0.2) is 9.07 Å². The molecule has 1 saturated heterocycles. The van der Waals surface area contributed by atoms with E-state index < -0.39 is 0 Å². The minimum Gasteiger partial charge on any atom is -0.366 e. The Morgan fingerprint density at radius 2 is 1.58 bits per heavy atom. The van der Waals surface area contributed by atoms with Crippen LogP contribution < -0.4 is 4.90 Å². The monoisotopic (exact) mass is 350 g/mol. The second-order valence-corrected chi connectivity index (χ2v) is 6.20. The molecule has 0 saturated carbocycles. The van der Waals surface area contributed by atoms with Crippen molar-refractivity contribution in [1.82, 2.24) is 14.7 Å². The van der Waals surface area contributed by atoms with Crippen LogP contribution in [-0.4, -0.2) is 46.8 Å². The smallest absolute Gasteiger partial charge is 0.256 e. The first-order chi connectivity index (χ1) is 12.7. The molecule has 1 aliphatic heterocycles. The number of carbonyl (C=O) groups excluding carboxylic acids is 1. The molecule has 132 valence electrons. The number of hydrogen-bond donors (Lipinski definition) is 0. The number of hydrogen-bond acceptors (Lipinski definition) is 3. The third-order valence-electron chi connectivity index (χ3n) is 4.65. The van der Waals surface area contributed by atoms with Gasteiger partial charge in [-0.3, -0.25) is 4.79 Å². The molecule has 1 aromatic heterocycles. The summed E-state index contributed by atoms with van der Waals surface area (Å²) in [5.41, 5.74) is 1.98. The number of carbonyl (C=O) groups is 1. The van der Waals surface area contributed by atoms with E-state index in [2.05, 4.69) is 5.10 Å². The minimum atomic E-state index is -0.226. The molecule has 1 fully saturated rings. The van der Waals surface area contributed by atoms with Crippen molar-refractivity contribution >= 4 is 11.6 Å². The zero-order chi connectivity index (χ0) is 17.9. The van der Waals surface area contributed by atoms with E-state index in [0.717, 1.165) is 5.69 Å². The predicted molar refractivity (Wildman–Crippen MR) is 98.1 cm³/mol. The zero-order valence-electron chi connectivity index (χ0n) is 14.3. The first kappa shape index (κ1) is 16.3. The number of para-hydroxylation sites is 2. The Bertz CT molecular complexity index is 902. The number of rotatable bonds is 3. The molecule has 0 spiro atoms. The fourth-order valence-corrected chi connectivity index (χ4v) is 3.29. The molecule has 1 aliphatic rings. The Kier molecular flexibility index (Phi) is 4.39. The van der Waals surface area contributed by atoms with E-state index in [9.17, 15) is 9.18 Å². The van der Waals surface area contributed by atoms with Gasteiger partial charge in [0.1, 0.15) is 5.82 Å². The number of piperazine rings is 1. The standard InChI is InChI=1S/C20H19FN4O/c21-17-7-2-4-9-19(17)23-12-14-24(15-13-23)20(26)16-6-1-3-8-18(16)25-11-5-10-22-25/h1-11H,12-15H2. The molecule has 0 radical (unpaired) electrons. The SMILES string of the molecule is O=C(c1ccccc1-n1cccn1)N1CCN(c2ccccc2F)CC1. The minimum absolute atomic E-state index is 0.0238. The van der Waals surface area contributed by atoms with E-state index in [0.29, 0.717) is 37.4 Å². The molecular formula is C20H19FN4O. The van der Waals surface area contributed by atoms with Crippen LogP contribution in [0.3, 0.4) is 0 Å². The zero-order valence-corrected chi connectivity index (χ0v) is 14.3. The van der Waals surface area contributed by atoms with E-state index in [1.165, 1.54) is 6.07 Å². The van der Waals surface area contributed by atoms with Gasteiger partial charge >= 0.3 is 0 Å². The predicted octanol–water partition coefficient (Wildman–Crippen LogP) is 2.97. The molecule has 0 unspecified atom stereocenters. The molecule has 0 N–H and O–H groups in total. The average Bonchev–Trinajstić information content (AvgIpc) is 3.23. The molecule has 2 heterocycles. The topological polar surface area (TPSA) is 41.4 Å². The van der Waals surface area contributed by atoms with Gasteiger partial charge in [0, 0.05) is 38.6 Å². The van der Waals surface area contributed by atoms with Gasteiger partial charge in [-0.2, -0.15) is 5.10 Å². The van der Waals surface area contributed by atoms with Crippen molar-refractivity contribution < 1.29 is 9.18 Å². The van der Waals surface area contributed by atoms with Gasteiger partial charge in [-0.15, -0.1) is 0 Å². The fraction of sp³-hybridized carbons (Fsp3) is 0.200. The fourth-order valence-electron chi connectivity index (χ4n) is 3.29.